The highest BCUT2D eigenvalue weighted by atomic mass is 19.3. The second-order valence-electron chi connectivity index (χ2n) is 4.85. The van der Waals surface area contributed by atoms with Gasteiger partial charge in [-0.3, -0.25) is 0 Å². The Bertz CT molecular complexity index is 554. The molecule has 0 amide bonds. The van der Waals surface area contributed by atoms with Crippen molar-refractivity contribution in [2.24, 2.45) is 0 Å². The van der Waals surface area contributed by atoms with Gasteiger partial charge in [0.25, 0.3) is 6.43 Å². The van der Waals surface area contributed by atoms with Gasteiger partial charge in [-0.1, -0.05) is 48.5 Å². The Balaban J connectivity index is 1.92. The van der Waals surface area contributed by atoms with Crippen molar-refractivity contribution in [2.75, 3.05) is 4.90 Å². The summed E-state index contributed by atoms with van der Waals surface area (Å²) in [5, 5.41) is 0. The van der Waals surface area contributed by atoms with E-state index in [1.807, 2.05) is 59.5 Å². The highest BCUT2D eigenvalue weighted by Crippen LogP contribution is 2.35. The third kappa shape index (κ3) is 2.33. The van der Waals surface area contributed by atoms with Crippen molar-refractivity contribution < 1.29 is 8.78 Å². The SMILES string of the molecule is FC(F)C1Cc2ccccc2N1Cc1ccccc1. The molecular formula is C16H15F2N. The molecule has 0 radical (unpaired) electrons. The van der Waals surface area contributed by atoms with Crippen molar-refractivity contribution in [3.8, 4) is 0 Å². The van der Waals surface area contributed by atoms with Crippen molar-refractivity contribution >= 4 is 5.69 Å². The van der Waals surface area contributed by atoms with Crippen molar-refractivity contribution in [1.29, 1.82) is 0 Å². The van der Waals surface area contributed by atoms with E-state index in [0.717, 1.165) is 16.8 Å². The van der Waals surface area contributed by atoms with E-state index >= 15 is 0 Å². The van der Waals surface area contributed by atoms with Crippen molar-refractivity contribution in [3.05, 3.63) is 65.7 Å². The Morgan fingerprint density at radius 1 is 1.00 bits per heavy atom. The highest BCUT2D eigenvalue weighted by Gasteiger charge is 2.35. The lowest BCUT2D eigenvalue weighted by molar-refractivity contribution is 0.114. The van der Waals surface area contributed by atoms with Crippen LogP contribution in [0.3, 0.4) is 0 Å². The van der Waals surface area contributed by atoms with Crippen LogP contribution in [0.15, 0.2) is 54.6 Å². The maximum Gasteiger partial charge on any atom is 0.258 e. The third-order valence-corrected chi connectivity index (χ3v) is 3.62. The summed E-state index contributed by atoms with van der Waals surface area (Å²) in [5.74, 6) is 0. The van der Waals surface area contributed by atoms with Crippen LogP contribution in [0, 0.1) is 0 Å². The standard InChI is InChI=1S/C16H15F2N/c17-16(18)15-10-13-8-4-5-9-14(13)19(15)11-12-6-2-1-3-7-12/h1-9,15-16H,10-11H2. The summed E-state index contributed by atoms with van der Waals surface area (Å²) in [6, 6.07) is 16.7. The van der Waals surface area contributed by atoms with E-state index in [4.69, 9.17) is 0 Å². The van der Waals surface area contributed by atoms with Crippen LogP contribution in [0.2, 0.25) is 0 Å². The maximum absolute atomic E-state index is 13.2. The fourth-order valence-corrected chi connectivity index (χ4v) is 2.69. The smallest absolute Gasteiger partial charge is 0.258 e. The summed E-state index contributed by atoms with van der Waals surface area (Å²) in [6.45, 7) is 0.535. The summed E-state index contributed by atoms with van der Waals surface area (Å²) < 4.78 is 26.4. The lowest BCUT2D eigenvalue weighted by atomic mass is 10.1. The molecule has 19 heavy (non-hydrogen) atoms. The predicted octanol–water partition coefficient (Wildman–Crippen LogP) is 3.88. The normalized spacial score (nSPS) is 17.8. The van der Waals surface area contributed by atoms with Gasteiger partial charge in [-0.25, -0.2) is 8.78 Å². The summed E-state index contributed by atoms with van der Waals surface area (Å²) in [5.41, 5.74) is 3.02. The van der Waals surface area contributed by atoms with Gasteiger partial charge in [0.2, 0.25) is 0 Å². The molecule has 1 nitrogen and oxygen atoms in total. The van der Waals surface area contributed by atoms with Gasteiger partial charge in [-0.15, -0.1) is 0 Å². The number of benzene rings is 2. The van der Waals surface area contributed by atoms with Crippen LogP contribution in [0.4, 0.5) is 14.5 Å². The number of anilines is 1. The van der Waals surface area contributed by atoms with Gasteiger partial charge in [0.05, 0.1) is 6.04 Å². The van der Waals surface area contributed by atoms with Crippen LogP contribution in [-0.2, 0) is 13.0 Å². The van der Waals surface area contributed by atoms with E-state index in [9.17, 15) is 8.78 Å². The third-order valence-electron chi connectivity index (χ3n) is 3.62. The average molecular weight is 259 g/mol. The molecular weight excluding hydrogens is 244 g/mol. The van der Waals surface area contributed by atoms with Crippen LogP contribution in [0.5, 0.6) is 0 Å². The van der Waals surface area contributed by atoms with Crippen LogP contribution >= 0.6 is 0 Å². The molecule has 3 rings (SSSR count). The molecule has 1 heterocycles. The van der Waals surface area contributed by atoms with Gasteiger partial charge in [-0.05, 0) is 17.2 Å². The molecule has 3 heteroatoms. The zero-order valence-corrected chi connectivity index (χ0v) is 10.5. The van der Waals surface area contributed by atoms with Gasteiger partial charge >= 0.3 is 0 Å². The number of para-hydroxylation sites is 1. The number of alkyl halides is 2. The second-order valence-corrected chi connectivity index (χ2v) is 4.85. The molecule has 98 valence electrons. The molecule has 0 aromatic heterocycles. The minimum absolute atomic E-state index is 0.431. The van der Waals surface area contributed by atoms with Gasteiger partial charge < -0.3 is 4.90 Å². The largest absolute Gasteiger partial charge is 0.358 e. The Morgan fingerprint density at radius 3 is 2.42 bits per heavy atom. The van der Waals surface area contributed by atoms with E-state index < -0.39 is 12.5 Å². The molecule has 1 atom stereocenters. The molecule has 0 fully saturated rings. The molecule has 2 aromatic carbocycles. The molecule has 1 aliphatic heterocycles. The van der Waals surface area contributed by atoms with Crippen molar-refractivity contribution in [1.82, 2.24) is 0 Å². The lowest BCUT2D eigenvalue weighted by Crippen LogP contribution is -2.37. The van der Waals surface area contributed by atoms with E-state index in [2.05, 4.69) is 0 Å². The first-order chi connectivity index (χ1) is 9.25. The number of hydrogen-bond donors (Lipinski definition) is 0. The summed E-state index contributed by atoms with van der Waals surface area (Å²) in [4.78, 5) is 1.83. The summed E-state index contributed by atoms with van der Waals surface area (Å²) in [6.07, 6.45) is -1.89. The zero-order valence-electron chi connectivity index (χ0n) is 10.5. The predicted molar refractivity (Wildman–Crippen MR) is 72.6 cm³/mol. The molecule has 0 spiro atoms. The second kappa shape index (κ2) is 5.00. The summed E-state index contributed by atoms with van der Waals surface area (Å²) in [7, 11) is 0. The molecule has 0 aliphatic carbocycles. The van der Waals surface area contributed by atoms with E-state index in [-0.39, 0.29) is 0 Å². The molecule has 0 saturated heterocycles. The van der Waals surface area contributed by atoms with Gasteiger partial charge in [0, 0.05) is 18.7 Å². The zero-order chi connectivity index (χ0) is 13.2. The van der Waals surface area contributed by atoms with Crippen LogP contribution in [0.1, 0.15) is 11.1 Å². The average Bonchev–Trinajstić information content (AvgIpc) is 2.79. The molecule has 2 aromatic rings. The number of halogens is 2. The Hall–Kier alpha value is -1.90. The Labute approximate surface area is 111 Å². The molecule has 1 unspecified atom stereocenters. The van der Waals surface area contributed by atoms with Crippen LogP contribution in [-0.4, -0.2) is 12.5 Å². The first kappa shape index (κ1) is 12.2. The fourth-order valence-electron chi connectivity index (χ4n) is 2.69. The number of rotatable bonds is 3. The van der Waals surface area contributed by atoms with Gasteiger partial charge in [0.1, 0.15) is 0 Å². The number of fused-ring (bicyclic) bond motifs is 1. The fraction of sp³-hybridized carbons (Fsp3) is 0.250. The van der Waals surface area contributed by atoms with Crippen LogP contribution in [0.25, 0.3) is 0 Å². The van der Waals surface area contributed by atoms with E-state index in [0.29, 0.717) is 13.0 Å². The number of nitrogens with zero attached hydrogens (tertiary/aromatic N) is 1. The number of hydrogen-bond acceptors (Lipinski definition) is 1. The first-order valence-corrected chi connectivity index (χ1v) is 6.42. The lowest BCUT2D eigenvalue weighted by Gasteiger charge is -2.27. The Morgan fingerprint density at radius 2 is 1.68 bits per heavy atom. The molecule has 0 N–H and O–H groups in total. The Kier molecular flexibility index (Phi) is 3.20. The van der Waals surface area contributed by atoms with Gasteiger partial charge in [-0.2, -0.15) is 0 Å². The molecule has 1 aliphatic rings. The monoisotopic (exact) mass is 259 g/mol. The minimum atomic E-state index is -2.32. The van der Waals surface area contributed by atoms with E-state index in [1.54, 1.807) is 0 Å². The highest BCUT2D eigenvalue weighted by molar-refractivity contribution is 5.59. The molecule has 0 saturated carbocycles. The first-order valence-electron chi connectivity index (χ1n) is 6.42. The quantitative estimate of drug-likeness (QED) is 0.808. The van der Waals surface area contributed by atoms with Crippen LogP contribution < -0.4 is 4.90 Å². The van der Waals surface area contributed by atoms with Gasteiger partial charge in [0.15, 0.2) is 0 Å². The van der Waals surface area contributed by atoms with E-state index in [1.165, 1.54) is 0 Å². The summed E-state index contributed by atoms with van der Waals surface area (Å²) >= 11 is 0. The molecule has 0 bridgehead atoms. The van der Waals surface area contributed by atoms with Crippen molar-refractivity contribution in [3.63, 3.8) is 0 Å². The topological polar surface area (TPSA) is 3.24 Å². The maximum atomic E-state index is 13.2. The van der Waals surface area contributed by atoms with Crippen molar-refractivity contribution in [2.45, 2.75) is 25.4 Å². The minimum Gasteiger partial charge on any atom is -0.358 e.